The van der Waals surface area contributed by atoms with E-state index in [1.54, 1.807) is 0 Å². The van der Waals surface area contributed by atoms with Crippen LogP contribution in [-0.4, -0.2) is 11.6 Å². The minimum Gasteiger partial charge on any atom is -0.478 e. The Kier molecular flexibility index (Phi) is 7.04. The van der Waals surface area contributed by atoms with Crippen LogP contribution in [0.2, 0.25) is 0 Å². The first kappa shape index (κ1) is 17.0. The van der Waals surface area contributed by atoms with E-state index in [0.717, 1.165) is 30.5 Å². The predicted molar refractivity (Wildman–Crippen MR) is 86.6 cm³/mol. The molecule has 1 heterocycles. The van der Waals surface area contributed by atoms with Gasteiger partial charge < -0.3 is 4.74 Å². The van der Waals surface area contributed by atoms with E-state index in [0.29, 0.717) is 11.8 Å². The third-order valence-electron chi connectivity index (χ3n) is 3.53. The van der Waals surface area contributed by atoms with E-state index < -0.39 is 0 Å². The van der Waals surface area contributed by atoms with Gasteiger partial charge in [0.15, 0.2) is 0 Å². The summed E-state index contributed by atoms with van der Waals surface area (Å²) in [7, 11) is 0. The Labute approximate surface area is 125 Å². The summed E-state index contributed by atoms with van der Waals surface area (Å²) >= 11 is 0. The molecule has 1 aromatic rings. The Hall–Kier alpha value is -1.05. The fourth-order valence-corrected chi connectivity index (χ4v) is 2.08. The number of unbranched alkanes of at least 4 members (excludes halogenated alkanes) is 1. The Morgan fingerprint density at radius 3 is 2.20 bits per heavy atom. The summed E-state index contributed by atoms with van der Waals surface area (Å²) in [5.74, 6) is 2.53. The van der Waals surface area contributed by atoms with Crippen molar-refractivity contribution >= 4 is 0 Å². The van der Waals surface area contributed by atoms with Crippen molar-refractivity contribution in [3.63, 3.8) is 0 Å². The number of hydrogen-bond donors (Lipinski definition) is 0. The van der Waals surface area contributed by atoms with Crippen molar-refractivity contribution in [2.75, 3.05) is 6.61 Å². The van der Waals surface area contributed by atoms with Crippen LogP contribution >= 0.6 is 0 Å². The summed E-state index contributed by atoms with van der Waals surface area (Å²) in [5, 5.41) is 0. The third-order valence-corrected chi connectivity index (χ3v) is 3.53. The van der Waals surface area contributed by atoms with E-state index in [1.807, 2.05) is 0 Å². The maximum absolute atomic E-state index is 5.86. The molecule has 0 unspecified atom stereocenters. The maximum atomic E-state index is 5.86. The zero-order chi connectivity index (χ0) is 15.1. The molecule has 0 amide bonds. The van der Waals surface area contributed by atoms with Crippen LogP contribution in [0.4, 0.5) is 0 Å². The van der Waals surface area contributed by atoms with Crippen LogP contribution in [0, 0.1) is 5.92 Å². The van der Waals surface area contributed by atoms with Gasteiger partial charge in [-0.3, -0.25) is 0 Å². The molecule has 0 N–H and O–H groups in total. The van der Waals surface area contributed by atoms with Crippen LogP contribution in [0.15, 0.2) is 12.1 Å². The Bertz CT molecular complexity index is 370. The zero-order valence-electron chi connectivity index (χ0n) is 14.1. The van der Waals surface area contributed by atoms with Crippen LogP contribution in [0.3, 0.4) is 0 Å². The second-order valence-corrected chi connectivity index (χ2v) is 6.71. The lowest BCUT2D eigenvalue weighted by Crippen LogP contribution is -2.04. The van der Waals surface area contributed by atoms with Gasteiger partial charge in [0.1, 0.15) is 0 Å². The van der Waals surface area contributed by atoms with E-state index in [4.69, 9.17) is 4.74 Å². The van der Waals surface area contributed by atoms with Gasteiger partial charge in [-0.05, 0) is 42.2 Å². The van der Waals surface area contributed by atoms with Gasteiger partial charge in [-0.2, -0.15) is 0 Å². The molecule has 0 aliphatic rings. The molecule has 2 nitrogen and oxygen atoms in total. The highest BCUT2D eigenvalue weighted by atomic mass is 16.5. The van der Waals surface area contributed by atoms with E-state index >= 15 is 0 Å². The van der Waals surface area contributed by atoms with Crippen LogP contribution < -0.4 is 4.74 Å². The van der Waals surface area contributed by atoms with Crippen molar-refractivity contribution in [2.24, 2.45) is 5.92 Å². The van der Waals surface area contributed by atoms with Crippen molar-refractivity contribution in [3.8, 4) is 5.88 Å². The molecule has 1 rings (SSSR count). The molecular formula is C18H31NO. The standard InChI is InChI=1S/C18H31NO/c1-13(2)9-7-8-10-20-18-12-16(14(3)4)11-17(19-18)15(5)6/h11-15H,7-10H2,1-6H3. The molecule has 0 aliphatic heterocycles. The van der Waals surface area contributed by atoms with E-state index in [1.165, 1.54) is 18.4 Å². The van der Waals surface area contributed by atoms with Gasteiger partial charge in [-0.25, -0.2) is 4.98 Å². The molecular weight excluding hydrogens is 246 g/mol. The van der Waals surface area contributed by atoms with Crippen molar-refractivity contribution in [2.45, 2.75) is 72.6 Å². The van der Waals surface area contributed by atoms with Gasteiger partial charge >= 0.3 is 0 Å². The summed E-state index contributed by atoms with van der Waals surface area (Å²) in [6, 6.07) is 4.31. The van der Waals surface area contributed by atoms with Gasteiger partial charge in [-0.1, -0.05) is 48.0 Å². The quantitative estimate of drug-likeness (QED) is 0.582. The van der Waals surface area contributed by atoms with Gasteiger partial charge in [0.05, 0.1) is 6.61 Å². The van der Waals surface area contributed by atoms with Gasteiger partial charge in [0.25, 0.3) is 0 Å². The monoisotopic (exact) mass is 277 g/mol. The average molecular weight is 277 g/mol. The topological polar surface area (TPSA) is 22.1 Å². The van der Waals surface area contributed by atoms with Crippen molar-refractivity contribution in [3.05, 3.63) is 23.4 Å². The summed E-state index contributed by atoms with van der Waals surface area (Å²) in [6.45, 7) is 14.1. The van der Waals surface area contributed by atoms with Crippen molar-refractivity contribution < 1.29 is 4.74 Å². The highest BCUT2D eigenvalue weighted by Crippen LogP contribution is 2.24. The number of aromatic nitrogens is 1. The second kappa shape index (κ2) is 8.28. The molecule has 0 aliphatic carbocycles. The Morgan fingerprint density at radius 2 is 1.65 bits per heavy atom. The molecule has 0 atom stereocenters. The lowest BCUT2D eigenvalue weighted by atomic mass is 10.0. The molecule has 114 valence electrons. The zero-order valence-corrected chi connectivity index (χ0v) is 14.1. The number of rotatable bonds is 8. The lowest BCUT2D eigenvalue weighted by Gasteiger charge is -2.14. The molecule has 0 saturated heterocycles. The summed E-state index contributed by atoms with van der Waals surface area (Å²) in [5.41, 5.74) is 2.45. The molecule has 20 heavy (non-hydrogen) atoms. The smallest absolute Gasteiger partial charge is 0.213 e. The minimum absolute atomic E-state index is 0.442. The first-order chi connectivity index (χ1) is 9.40. The van der Waals surface area contributed by atoms with Crippen LogP contribution in [-0.2, 0) is 0 Å². The van der Waals surface area contributed by atoms with E-state index in [-0.39, 0.29) is 0 Å². The predicted octanol–water partition coefficient (Wildman–Crippen LogP) is 5.53. The fourth-order valence-electron chi connectivity index (χ4n) is 2.08. The number of hydrogen-bond acceptors (Lipinski definition) is 2. The summed E-state index contributed by atoms with van der Waals surface area (Å²) in [4.78, 5) is 4.63. The van der Waals surface area contributed by atoms with Crippen LogP contribution in [0.1, 0.15) is 83.9 Å². The first-order valence-corrected chi connectivity index (χ1v) is 8.04. The Morgan fingerprint density at radius 1 is 0.950 bits per heavy atom. The molecule has 0 aromatic carbocycles. The maximum Gasteiger partial charge on any atom is 0.213 e. The second-order valence-electron chi connectivity index (χ2n) is 6.71. The van der Waals surface area contributed by atoms with Crippen molar-refractivity contribution in [1.82, 2.24) is 4.98 Å². The molecule has 1 aromatic heterocycles. The van der Waals surface area contributed by atoms with Gasteiger partial charge in [0, 0.05) is 11.8 Å². The number of ether oxygens (including phenoxy) is 1. The van der Waals surface area contributed by atoms with Gasteiger partial charge in [-0.15, -0.1) is 0 Å². The SMILES string of the molecule is CC(C)CCCCOc1cc(C(C)C)cc(C(C)C)n1. The van der Waals surface area contributed by atoms with Gasteiger partial charge in [0.2, 0.25) is 5.88 Å². The third kappa shape index (κ3) is 5.94. The van der Waals surface area contributed by atoms with Crippen molar-refractivity contribution in [1.29, 1.82) is 0 Å². The number of pyridine rings is 1. The largest absolute Gasteiger partial charge is 0.478 e. The average Bonchev–Trinajstić information content (AvgIpc) is 2.37. The summed E-state index contributed by atoms with van der Waals surface area (Å²) < 4.78 is 5.86. The first-order valence-electron chi connectivity index (χ1n) is 8.04. The fraction of sp³-hybridized carbons (Fsp3) is 0.722. The molecule has 0 radical (unpaired) electrons. The molecule has 0 fully saturated rings. The highest BCUT2D eigenvalue weighted by molar-refractivity contribution is 5.28. The van der Waals surface area contributed by atoms with E-state index in [9.17, 15) is 0 Å². The minimum atomic E-state index is 0.442. The molecule has 0 bridgehead atoms. The highest BCUT2D eigenvalue weighted by Gasteiger charge is 2.09. The molecule has 0 spiro atoms. The normalized spacial score (nSPS) is 11.7. The Balaban J connectivity index is 2.60. The number of nitrogens with zero attached hydrogens (tertiary/aromatic N) is 1. The lowest BCUT2D eigenvalue weighted by molar-refractivity contribution is 0.289. The summed E-state index contributed by atoms with van der Waals surface area (Å²) in [6.07, 6.45) is 3.63. The van der Waals surface area contributed by atoms with Crippen LogP contribution in [0.5, 0.6) is 5.88 Å². The van der Waals surface area contributed by atoms with E-state index in [2.05, 4.69) is 58.7 Å². The molecule has 0 saturated carbocycles. The van der Waals surface area contributed by atoms with Crippen LogP contribution in [0.25, 0.3) is 0 Å². The molecule has 2 heteroatoms.